The van der Waals surface area contributed by atoms with Crippen molar-refractivity contribution in [3.8, 4) is 0 Å². The predicted molar refractivity (Wildman–Crippen MR) is 30.9 cm³/mol. The van der Waals surface area contributed by atoms with E-state index in [2.05, 4.69) is 5.32 Å². The van der Waals surface area contributed by atoms with Gasteiger partial charge in [-0.15, -0.1) is 0 Å². The maximum absolute atomic E-state index is 6.90. The lowest BCUT2D eigenvalue weighted by Gasteiger charge is -2.09. The minimum absolute atomic E-state index is 0.0752. The summed E-state index contributed by atoms with van der Waals surface area (Å²) in [7, 11) is 0. The smallest absolute Gasteiger partial charge is 0.194 e. The van der Waals surface area contributed by atoms with Crippen molar-refractivity contribution in [2.24, 2.45) is 5.73 Å². The molecule has 0 fully saturated rings. The largest absolute Gasteiger partial charge is 0.372 e. The molecule has 0 spiro atoms. The van der Waals surface area contributed by atoms with Crippen LogP contribution in [0.25, 0.3) is 0 Å². The highest BCUT2D eigenvalue weighted by atomic mass is 15.3. The third-order valence-corrected chi connectivity index (χ3v) is 0.943. The van der Waals surface area contributed by atoms with E-state index >= 15 is 0 Å². The Balaban J connectivity index is 2.48. The summed E-state index contributed by atoms with van der Waals surface area (Å²) in [5, 5.41) is 9.78. The zero-order valence-electron chi connectivity index (χ0n) is 4.39. The maximum Gasteiger partial charge on any atom is 0.194 e. The molecule has 44 valence electrons. The van der Waals surface area contributed by atoms with Gasteiger partial charge in [-0.2, -0.15) is 0 Å². The molecule has 0 aromatic carbocycles. The van der Waals surface area contributed by atoms with Gasteiger partial charge in [-0.05, 0) is 0 Å². The monoisotopic (exact) mass is 112 g/mol. The van der Waals surface area contributed by atoms with Gasteiger partial charge >= 0.3 is 0 Å². The van der Waals surface area contributed by atoms with Crippen molar-refractivity contribution in [1.29, 1.82) is 5.41 Å². The number of rotatable bonds is 0. The molecule has 0 saturated carbocycles. The fourth-order valence-corrected chi connectivity index (χ4v) is 0.512. The van der Waals surface area contributed by atoms with E-state index in [0.29, 0.717) is 6.67 Å². The minimum Gasteiger partial charge on any atom is -0.372 e. The van der Waals surface area contributed by atoms with E-state index in [1.54, 1.807) is 17.3 Å². The topological polar surface area (TPSA) is 65.1 Å². The van der Waals surface area contributed by atoms with Crippen molar-refractivity contribution in [1.82, 2.24) is 10.2 Å². The van der Waals surface area contributed by atoms with Crippen LogP contribution in [-0.2, 0) is 0 Å². The van der Waals surface area contributed by atoms with Crippen molar-refractivity contribution in [3.63, 3.8) is 0 Å². The molecule has 0 radical (unpaired) electrons. The van der Waals surface area contributed by atoms with Gasteiger partial charge in [0.1, 0.15) is 0 Å². The molecule has 1 aliphatic heterocycles. The van der Waals surface area contributed by atoms with Gasteiger partial charge in [-0.25, -0.2) is 0 Å². The Morgan fingerprint density at radius 3 is 2.88 bits per heavy atom. The Morgan fingerprint density at radius 2 is 2.62 bits per heavy atom. The van der Waals surface area contributed by atoms with Crippen LogP contribution in [0.3, 0.4) is 0 Å². The van der Waals surface area contributed by atoms with Crippen LogP contribution >= 0.6 is 0 Å². The van der Waals surface area contributed by atoms with E-state index in [9.17, 15) is 0 Å². The second-order valence-electron chi connectivity index (χ2n) is 1.53. The molecule has 1 aliphatic rings. The maximum atomic E-state index is 6.90. The van der Waals surface area contributed by atoms with Gasteiger partial charge in [0.2, 0.25) is 0 Å². The normalized spacial score (nSPS) is 16.2. The molecule has 4 N–H and O–H groups in total. The summed E-state index contributed by atoms with van der Waals surface area (Å²) < 4.78 is 0. The lowest BCUT2D eigenvalue weighted by atomic mass is 10.8. The molecular formula is C4H8N4. The minimum atomic E-state index is 0.0752. The summed E-state index contributed by atoms with van der Waals surface area (Å²) in [6, 6.07) is 0. The molecule has 0 saturated heterocycles. The highest BCUT2D eigenvalue weighted by Crippen LogP contribution is 1.90. The number of hydrogen-bond donors (Lipinski definition) is 3. The number of hydrogen-bond acceptors (Lipinski definition) is 2. The van der Waals surface area contributed by atoms with Gasteiger partial charge in [0, 0.05) is 12.4 Å². The van der Waals surface area contributed by atoms with Crippen molar-refractivity contribution in [2.75, 3.05) is 6.67 Å². The van der Waals surface area contributed by atoms with Crippen LogP contribution in [0.15, 0.2) is 12.4 Å². The Kier molecular flexibility index (Phi) is 1.07. The molecule has 0 atom stereocenters. The summed E-state index contributed by atoms with van der Waals surface area (Å²) in [5.74, 6) is 0.0752. The lowest BCUT2D eigenvalue weighted by Crippen LogP contribution is -2.33. The Bertz CT molecular complexity index is 128. The average Bonchev–Trinajstić information content (AvgIpc) is 2.12. The van der Waals surface area contributed by atoms with Crippen LogP contribution in [-0.4, -0.2) is 17.5 Å². The quantitative estimate of drug-likeness (QED) is 0.284. The molecule has 8 heavy (non-hydrogen) atoms. The average molecular weight is 112 g/mol. The van der Waals surface area contributed by atoms with Crippen molar-refractivity contribution in [2.45, 2.75) is 0 Å². The van der Waals surface area contributed by atoms with Crippen LogP contribution in [0.5, 0.6) is 0 Å². The molecule has 0 aromatic heterocycles. The molecule has 0 unspecified atom stereocenters. The highest BCUT2D eigenvalue weighted by molar-refractivity contribution is 5.75. The Morgan fingerprint density at radius 1 is 1.88 bits per heavy atom. The van der Waals surface area contributed by atoms with Crippen molar-refractivity contribution >= 4 is 5.96 Å². The summed E-state index contributed by atoms with van der Waals surface area (Å²) in [4.78, 5) is 1.60. The second-order valence-corrected chi connectivity index (χ2v) is 1.53. The molecule has 4 heteroatoms. The number of nitrogens with one attached hydrogen (secondary N) is 2. The van der Waals surface area contributed by atoms with E-state index < -0.39 is 0 Å². The first-order valence-electron chi connectivity index (χ1n) is 2.31. The SMILES string of the molecule is N=C(N)N1C=CNC1. The van der Waals surface area contributed by atoms with Gasteiger partial charge in [-0.3, -0.25) is 5.41 Å². The second kappa shape index (κ2) is 1.73. The molecule has 4 nitrogen and oxygen atoms in total. The first kappa shape index (κ1) is 4.96. The molecule has 0 amide bonds. The van der Waals surface area contributed by atoms with Crippen molar-refractivity contribution < 1.29 is 0 Å². The number of nitrogens with zero attached hydrogens (tertiary/aromatic N) is 1. The number of guanidine groups is 1. The predicted octanol–water partition coefficient (Wildman–Crippen LogP) is -0.786. The van der Waals surface area contributed by atoms with Crippen molar-refractivity contribution in [3.05, 3.63) is 12.4 Å². The summed E-state index contributed by atoms with van der Waals surface area (Å²) >= 11 is 0. The van der Waals surface area contributed by atoms with Gasteiger partial charge in [0.05, 0.1) is 6.67 Å². The zero-order valence-corrected chi connectivity index (χ0v) is 4.39. The first-order chi connectivity index (χ1) is 3.80. The Hall–Kier alpha value is -1.19. The van der Waals surface area contributed by atoms with Gasteiger partial charge < -0.3 is 16.0 Å². The van der Waals surface area contributed by atoms with Gasteiger partial charge in [0.25, 0.3) is 0 Å². The summed E-state index contributed by atoms with van der Waals surface area (Å²) in [6.07, 6.45) is 3.48. The third kappa shape index (κ3) is 0.726. The van der Waals surface area contributed by atoms with E-state index in [4.69, 9.17) is 11.1 Å². The van der Waals surface area contributed by atoms with Crippen LogP contribution in [0.1, 0.15) is 0 Å². The van der Waals surface area contributed by atoms with Crippen LogP contribution < -0.4 is 11.1 Å². The molecule has 0 aliphatic carbocycles. The lowest BCUT2D eigenvalue weighted by molar-refractivity contribution is 0.562. The van der Waals surface area contributed by atoms with Crippen LogP contribution in [0.2, 0.25) is 0 Å². The molecule has 1 rings (SSSR count). The standard InChI is InChI=1S/C4H8N4/c5-4(6)8-2-1-7-3-8/h1-2,7H,3H2,(H3,5,6). The van der Waals surface area contributed by atoms with Gasteiger partial charge in [0.15, 0.2) is 5.96 Å². The fourth-order valence-electron chi connectivity index (χ4n) is 0.512. The van der Waals surface area contributed by atoms with Crippen LogP contribution in [0, 0.1) is 5.41 Å². The third-order valence-electron chi connectivity index (χ3n) is 0.943. The zero-order chi connectivity index (χ0) is 5.98. The molecule has 0 bridgehead atoms. The first-order valence-corrected chi connectivity index (χ1v) is 2.31. The summed E-state index contributed by atoms with van der Waals surface area (Å²) in [5.41, 5.74) is 5.12. The molecule has 1 heterocycles. The fraction of sp³-hybridized carbons (Fsp3) is 0.250. The molecule has 0 aromatic rings. The van der Waals surface area contributed by atoms with E-state index in [1.807, 2.05) is 0 Å². The Labute approximate surface area is 47.5 Å². The van der Waals surface area contributed by atoms with Gasteiger partial charge in [-0.1, -0.05) is 0 Å². The summed E-state index contributed by atoms with van der Waals surface area (Å²) in [6.45, 7) is 0.620. The van der Waals surface area contributed by atoms with E-state index in [1.165, 1.54) is 0 Å². The van der Waals surface area contributed by atoms with E-state index in [-0.39, 0.29) is 5.96 Å². The highest BCUT2D eigenvalue weighted by Gasteiger charge is 2.03. The number of nitrogens with two attached hydrogens (primary N) is 1. The van der Waals surface area contributed by atoms with Crippen LogP contribution in [0.4, 0.5) is 0 Å². The molecular weight excluding hydrogens is 104 g/mol. The van der Waals surface area contributed by atoms with E-state index in [0.717, 1.165) is 0 Å².